The fraction of sp³-hybridized carbons (Fsp3) is 0.421. The molecule has 23 rings (SSSR count). The van der Waals surface area contributed by atoms with Crippen LogP contribution in [0.5, 0.6) is 0 Å². The molecule has 8 bridgehead atoms. The molecule has 4 nitrogen and oxygen atoms in total. The molecule has 0 N–H and O–H groups in total. The smallest absolute Gasteiger partial charge is 0.193 e. The predicted molar refractivity (Wildman–Crippen MR) is 326 cm³/mol. The summed E-state index contributed by atoms with van der Waals surface area (Å²) in [6, 6.07) is 32.8. The van der Waals surface area contributed by atoms with Crippen molar-refractivity contribution in [1.82, 2.24) is 8.80 Å². The van der Waals surface area contributed by atoms with Gasteiger partial charge in [-0.15, -0.1) is 0 Å². The first-order chi connectivity index (χ1) is 39.4. The van der Waals surface area contributed by atoms with Crippen LogP contribution in [-0.4, -0.2) is 8.80 Å². The van der Waals surface area contributed by atoms with E-state index in [0.29, 0.717) is 23.7 Å². The lowest BCUT2D eigenvalue weighted by molar-refractivity contribution is 0.166. The van der Waals surface area contributed by atoms with Gasteiger partial charge in [0.2, 0.25) is 0 Å². The largest absolute Gasteiger partial charge is 0.309 e. The van der Waals surface area contributed by atoms with E-state index >= 15 is 0 Å². The van der Waals surface area contributed by atoms with Crippen molar-refractivity contribution in [2.24, 2.45) is 23.7 Å². The molecule has 0 saturated heterocycles. The van der Waals surface area contributed by atoms with E-state index in [1.807, 2.05) is 0 Å². The third-order valence-electron chi connectivity index (χ3n) is 25.6. The minimum Gasteiger partial charge on any atom is -0.309 e. The molecule has 4 heterocycles. The summed E-state index contributed by atoms with van der Waals surface area (Å²) in [6.45, 7) is 14.1. The van der Waals surface area contributed by atoms with E-state index in [1.54, 1.807) is 33.4 Å². The predicted octanol–water partition coefficient (Wildman–Crippen LogP) is 20.0. The van der Waals surface area contributed by atoms with Crippen molar-refractivity contribution in [1.29, 1.82) is 5.26 Å². The summed E-state index contributed by atoms with van der Waals surface area (Å²) in [5.74, 6) is 5.02. The molecule has 4 unspecified atom stereocenters. The monoisotopic (exact) mass is 1030 g/mol. The zero-order valence-corrected chi connectivity index (χ0v) is 46.5. The van der Waals surface area contributed by atoms with Crippen LogP contribution in [0.1, 0.15) is 214 Å². The Hall–Kier alpha value is -6.88. The van der Waals surface area contributed by atoms with Gasteiger partial charge in [0.25, 0.3) is 0 Å². The quantitative estimate of drug-likeness (QED) is 0.159. The third kappa shape index (κ3) is 4.69. The SMILES string of the molecule is [C-]#[N+]c1cc2c(c3c1C1CC4CC(C1)CC3C4)c1c3c(cc4c5c(CC)c6c(c(CC)c5n2c41)c1cc2c(c4c5c7c(c(C#N)cc5n6c14)C1CC4CC(C1)CC7C4)-c1ccccc1C21CCCC1)C1(CCCC1)c1ccccc1-3. The van der Waals surface area contributed by atoms with Crippen LogP contribution in [-0.2, 0) is 23.7 Å². The molecule has 80 heavy (non-hydrogen) atoms. The van der Waals surface area contributed by atoms with Crippen LogP contribution < -0.4 is 0 Å². The summed E-state index contributed by atoms with van der Waals surface area (Å²) >= 11 is 0. The first-order valence-corrected chi connectivity index (χ1v) is 32.1. The summed E-state index contributed by atoms with van der Waals surface area (Å²) in [6.07, 6.45) is 24.6. The van der Waals surface area contributed by atoms with Crippen LogP contribution in [0.15, 0.2) is 72.8 Å². The van der Waals surface area contributed by atoms with Crippen LogP contribution in [0.25, 0.3) is 103 Å². The van der Waals surface area contributed by atoms with Gasteiger partial charge in [0.1, 0.15) is 0 Å². The third-order valence-corrected chi connectivity index (χ3v) is 25.6. The van der Waals surface area contributed by atoms with Crippen molar-refractivity contribution >= 4 is 81.9 Å². The summed E-state index contributed by atoms with van der Waals surface area (Å²) in [4.78, 5) is 4.64. The minimum absolute atomic E-state index is 0.00426. The minimum atomic E-state index is 0.00426. The lowest BCUT2D eigenvalue weighted by Gasteiger charge is -2.38. The van der Waals surface area contributed by atoms with Crippen LogP contribution >= 0.6 is 0 Å². The van der Waals surface area contributed by atoms with Gasteiger partial charge < -0.3 is 8.80 Å². The van der Waals surface area contributed by atoms with Gasteiger partial charge in [-0.05, 0) is 252 Å². The highest BCUT2D eigenvalue weighted by atomic mass is 15.0. The molecule has 0 aliphatic heterocycles. The molecule has 0 radical (unpaired) electrons. The first-order valence-electron chi connectivity index (χ1n) is 32.1. The lowest BCUT2D eigenvalue weighted by atomic mass is 9.67. The molecule has 12 aliphatic carbocycles. The zero-order valence-electron chi connectivity index (χ0n) is 46.5. The molecule has 0 amide bonds. The molecule has 6 fully saturated rings. The maximum absolute atomic E-state index is 11.6. The van der Waals surface area contributed by atoms with Gasteiger partial charge in [-0.3, -0.25) is 0 Å². The van der Waals surface area contributed by atoms with Gasteiger partial charge in [-0.2, -0.15) is 5.26 Å². The van der Waals surface area contributed by atoms with E-state index in [1.165, 1.54) is 236 Å². The molecule has 4 heteroatoms. The summed E-state index contributed by atoms with van der Waals surface area (Å²) in [5.41, 5.74) is 31.5. The van der Waals surface area contributed by atoms with Gasteiger partial charge in [-0.1, -0.05) is 88.1 Å². The zero-order chi connectivity index (χ0) is 52.1. The first kappa shape index (κ1) is 43.9. The number of hydrogen-bond donors (Lipinski definition) is 0. The van der Waals surface area contributed by atoms with Gasteiger partial charge in [0.15, 0.2) is 5.69 Å². The Morgan fingerprint density at radius 1 is 0.487 bits per heavy atom. The molecule has 6 saturated carbocycles. The molecule has 2 spiro atoms. The Morgan fingerprint density at radius 3 is 1.36 bits per heavy atom. The van der Waals surface area contributed by atoms with E-state index in [4.69, 9.17) is 6.57 Å². The second kappa shape index (κ2) is 14.4. The van der Waals surface area contributed by atoms with Crippen molar-refractivity contribution < 1.29 is 0 Å². The molecular weight excluding hydrogens is 969 g/mol. The molecule has 390 valence electrons. The highest BCUT2D eigenvalue weighted by molar-refractivity contribution is 6.36. The Morgan fingerprint density at radius 2 is 0.912 bits per heavy atom. The van der Waals surface area contributed by atoms with Crippen molar-refractivity contribution in [3.8, 4) is 28.3 Å². The van der Waals surface area contributed by atoms with Gasteiger partial charge in [0, 0.05) is 59.4 Å². The molecule has 4 aromatic heterocycles. The van der Waals surface area contributed by atoms with Gasteiger partial charge in [-0.25, -0.2) is 4.85 Å². The van der Waals surface area contributed by atoms with Crippen LogP contribution in [0.4, 0.5) is 5.69 Å². The Bertz CT molecular complexity index is 4520. The van der Waals surface area contributed by atoms with E-state index in [2.05, 4.69) is 106 Å². The second-order valence-corrected chi connectivity index (χ2v) is 28.7. The van der Waals surface area contributed by atoms with Crippen molar-refractivity contribution in [2.75, 3.05) is 0 Å². The number of nitrogens with zero attached hydrogens (tertiary/aromatic N) is 4. The highest BCUT2D eigenvalue weighted by Crippen LogP contribution is 2.68. The maximum Gasteiger partial charge on any atom is 0.193 e. The van der Waals surface area contributed by atoms with E-state index < -0.39 is 0 Å². The lowest BCUT2D eigenvalue weighted by Crippen LogP contribution is -2.25. The van der Waals surface area contributed by atoms with E-state index in [9.17, 15) is 5.26 Å². The number of hydrogen-bond acceptors (Lipinski definition) is 1. The number of fused-ring (bicyclic) bond motifs is 24. The van der Waals surface area contributed by atoms with Crippen LogP contribution in [0.3, 0.4) is 0 Å². The average Bonchev–Trinajstić information content (AvgIpc) is 1.94. The average molecular weight is 1040 g/mol. The number of rotatable bonds is 2. The maximum atomic E-state index is 11.6. The Kier molecular flexibility index (Phi) is 7.90. The number of aromatic nitrogens is 2. The van der Waals surface area contributed by atoms with Crippen molar-refractivity contribution in [2.45, 2.75) is 177 Å². The van der Waals surface area contributed by atoms with Crippen molar-refractivity contribution in [3.63, 3.8) is 0 Å². The normalized spacial score (nSPS) is 27.5. The second-order valence-electron chi connectivity index (χ2n) is 28.7. The summed E-state index contributed by atoms with van der Waals surface area (Å²) in [5, 5.41) is 23.4. The summed E-state index contributed by atoms with van der Waals surface area (Å²) < 4.78 is 5.64. The van der Waals surface area contributed by atoms with Crippen LogP contribution in [0.2, 0.25) is 0 Å². The van der Waals surface area contributed by atoms with E-state index in [-0.39, 0.29) is 10.8 Å². The van der Waals surface area contributed by atoms with Gasteiger partial charge >= 0.3 is 0 Å². The molecule has 12 aliphatic rings. The molecule has 4 atom stereocenters. The standard InChI is InChI=1S/C76H66N4/c1-4-46-64-51-34-55-66(49-15-7-9-17-53(49)76(55)20-12-13-21-76)70-68-58(35-56(78-3)60-42-26-39-23-40(27-42)31-44(30-39)62(60)68)80(74(51)70)72(64)47(5-2)63-50-33-54-65(48-14-6-8-16-52(48)75(54)18-10-11-19-75)69-67-57(79(71(46)63)73(50)69)32-45(36-77)59-41-24-37-22-38(25-41)29-43(28-37)61(59)67/h6-9,14-17,32-35,37-44H,4-5,10-13,18-31H2,1-2H3. The van der Waals surface area contributed by atoms with Crippen LogP contribution in [0, 0.1) is 41.6 Å². The Labute approximate surface area is 467 Å². The fourth-order valence-corrected chi connectivity index (χ4v) is 23.7. The number of aryl methyl sites for hydroxylation is 2. The molecular formula is C76H66N4. The van der Waals surface area contributed by atoms with Gasteiger partial charge in [0.05, 0.1) is 45.8 Å². The molecule has 7 aromatic carbocycles. The topological polar surface area (TPSA) is 37.0 Å². The summed E-state index contributed by atoms with van der Waals surface area (Å²) in [7, 11) is 0. The number of benzene rings is 7. The Balaban J connectivity index is 1.01. The van der Waals surface area contributed by atoms with E-state index in [0.717, 1.165) is 47.8 Å². The van der Waals surface area contributed by atoms with Crippen molar-refractivity contribution in [3.05, 3.63) is 145 Å². The molecule has 11 aromatic rings. The fourth-order valence-electron chi connectivity index (χ4n) is 23.7. The number of nitriles is 1. The highest BCUT2D eigenvalue weighted by Gasteiger charge is 2.52.